The van der Waals surface area contributed by atoms with Crippen molar-refractivity contribution in [1.82, 2.24) is 10.3 Å². The van der Waals surface area contributed by atoms with Crippen LogP contribution in [0.1, 0.15) is 24.5 Å². The smallest absolute Gasteiger partial charge is 0.379 e. The topological polar surface area (TPSA) is 62.4 Å². The van der Waals surface area contributed by atoms with Crippen molar-refractivity contribution >= 4 is 16.7 Å². The van der Waals surface area contributed by atoms with Gasteiger partial charge in [0, 0.05) is 13.1 Å². The van der Waals surface area contributed by atoms with Crippen LogP contribution in [0.15, 0.2) is 16.8 Å². The van der Waals surface area contributed by atoms with Crippen LogP contribution in [0.2, 0.25) is 0 Å². The number of halogens is 3. The molecule has 1 unspecified atom stereocenters. The normalized spacial score (nSPS) is 17.9. The molecule has 1 aliphatic rings. The van der Waals surface area contributed by atoms with Crippen molar-refractivity contribution in [2.45, 2.75) is 25.1 Å². The van der Waals surface area contributed by atoms with Crippen molar-refractivity contribution in [2.75, 3.05) is 18.0 Å². The Hall–Kier alpha value is -1.83. The summed E-state index contributed by atoms with van der Waals surface area (Å²) in [6, 6.07) is 2.47. The summed E-state index contributed by atoms with van der Waals surface area (Å²) >= 11 is 0. The molecule has 1 fully saturated rings. The SMILES string of the molecule is OC(c1cc(N2CCCC2)c2nonc2c1)C(F)(F)F. The van der Waals surface area contributed by atoms with Crippen LogP contribution in [0.3, 0.4) is 0 Å². The summed E-state index contributed by atoms with van der Waals surface area (Å²) in [5.74, 6) is 0. The number of rotatable bonds is 2. The first-order chi connectivity index (χ1) is 9.47. The highest BCUT2D eigenvalue weighted by molar-refractivity contribution is 5.88. The van der Waals surface area contributed by atoms with E-state index in [4.69, 9.17) is 0 Å². The van der Waals surface area contributed by atoms with E-state index >= 15 is 0 Å². The molecular formula is C12H12F3N3O2. The van der Waals surface area contributed by atoms with Crippen LogP contribution < -0.4 is 4.90 Å². The summed E-state index contributed by atoms with van der Waals surface area (Å²) in [4.78, 5) is 1.93. The summed E-state index contributed by atoms with van der Waals surface area (Å²) in [5.41, 5.74) is 0.917. The van der Waals surface area contributed by atoms with E-state index in [1.54, 1.807) is 0 Å². The first-order valence-corrected chi connectivity index (χ1v) is 6.23. The van der Waals surface area contributed by atoms with Gasteiger partial charge in [-0.2, -0.15) is 13.2 Å². The lowest BCUT2D eigenvalue weighted by Crippen LogP contribution is -2.22. The molecule has 0 saturated carbocycles. The standard InChI is InChI=1S/C12H12F3N3O2/c13-12(14,15)11(19)7-5-8-10(17-20-16-8)9(6-7)18-3-1-2-4-18/h5-6,11,19H,1-4H2. The number of benzene rings is 1. The maximum absolute atomic E-state index is 12.6. The molecule has 1 aromatic heterocycles. The van der Waals surface area contributed by atoms with E-state index in [9.17, 15) is 18.3 Å². The number of fused-ring (bicyclic) bond motifs is 1. The lowest BCUT2D eigenvalue weighted by Gasteiger charge is -2.20. The Bertz CT molecular complexity index is 620. The Morgan fingerprint density at radius 3 is 2.55 bits per heavy atom. The zero-order valence-electron chi connectivity index (χ0n) is 10.4. The third-order valence-electron chi connectivity index (χ3n) is 3.44. The van der Waals surface area contributed by atoms with Gasteiger partial charge in [0.2, 0.25) is 0 Å². The molecule has 1 N–H and O–H groups in total. The highest BCUT2D eigenvalue weighted by Gasteiger charge is 2.40. The second-order valence-electron chi connectivity index (χ2n) is 4.81. The van der Waals surface area contributed by atoms with E-state index in [2.05, 4.69) is 14.9 Å². The molecule has 1 atom stereocenters. The van der Waals surface area contributed by atoms with E-state index in [0.717, 1.165) is 32.0 Å². The molecule has 5 nitrogen and oxygen atoms in total. The van der Waals surface area contributed by atoms with Crippen molar-refractivity contribution in [2.24, 2.45) is 0 Å². The van der Waals surface area contributed by atoms with Crippen molar-refractivity contribution in [3.05, 3.63) is 17.7 Å². The maximum Gasteiger partial charge on any atom is 0.418 e. The van der Waals surface area contributed by atoms with Gasteiger partial charge in [0.25, 0.3) is 0 Å². The van der Waals surface area contributed by atoms with Gasteiger partial charge in [0.15, 0.2) is 11.6 Å². The molecule has 20 heavy (non-hydrogen) atoms. The van der Waals surface area contributed by atoms with Gasteiger partial charge in [-0.1, -0.05) is 0 Å². The molecule has 2 heterocycles. The Morgan fingerprint density at radius 2 is 1.90 bits per heavy atom. The molecule has 0 radical (unpaired) electrons. The maximum atomic E-state index is 12.6. The predicted molar refractivity (Wildman–Crippen MR) is 64.3 cm³/mol. The van der Waals surface area contributed by atoms with E-state index < -0.39 is 12.3 Å². The number of hydrogen-bond donors (Lipinski definition) is 1. The highest BCUT2D eigenvalue weighted by Crippen LogP contribution is 2.37. The summed E-state index contributed by atoms with van der Waals surface area (Å²) in [7, 11) is 0. The second-order valence-corrected chi connectivity index (χ2v) is 4.81. The van der Waals surface area contributed by atoms with E-state index in [0.29, 0.717) is 11.2 Å². The average Bonchev–Trinajstić information content (AvgIpc) is 3.06. The van der Waals surface area contributed by atoms with Gasteiger partial charge in [0.1, 0.15) is 5.52 Å². The number of aliphatic hydroxyl groups excluding tert-OH is 1. The first-order valence-electron chi connectivity index (χ1n) is 6.23. The van der Waals surface area contributed by atoms with Crippen LogP contribution in [0.25, 0.3) is 11.0 Å². The number of aliphatic hydroxyl groups is 1. The fourth-order valence-electron chi connectivity index (χ4n) is 2.44. The molecule has 3 rings (SSSR count). The Kier molecular flexibility index (Phi) is 3.04. The molecule has 1 aromatic carbocycles. The molecule has 0 amide bonds. The van der Waals surface area contributed by atoms with Crippen molar-refractivity contribution in [3.8, 4) is 0 Å². The largest absolute Gasteiger partial charge is 0.418 e. The van der Waals surface area contributed by atoms with Crippen molar-refractivity contribution in [3.63, 3.8) is 0 Å². The van der Waals surface area contributed by atoms with Crippen LogP contribution in [-0.4, -0.2) is 34.7 Å². The second kappa shape index (κ2) is 4.62. The molecular weight excluding hydrogens is 275 g/mol. The van der Waals surface area contributed by atoms with Crippen LogP contribution >= 0.6 is 0 Å². The minimum absolute atomic E-state index is 0.215. The van der Waals surface area contributed by atoms with Crippen LogP contribution in [0.5, 0.6) is 0 Å². The molecule has 0 bridgehead atoms. The van der Waals surface area contributed by atoms with Gasteiger partial charge in [-0.05, 0) is 40.9 Å². The van der Waals surface area contributed by atoms with Crippen LogP contribution in [0.4, 0.5) is 18.9 Å². The van der Waals surface area contributed by atoms with Gasteiger partial charge in [-0.3, -0.25) is 0 Å². The molecule has 0 aliphatic carbocycles. The monoisotopic (exact) mass is 287 g/mol. The summed E-state index contributed by atoms with van der Waals surface area (Å²) in [5, 5.41) is 16.7. The molecule has 1 saturated heterocycles. The predicted octanol–water partition coefficient (Wildman–Crippen LogP) is 2.42. The van der Waals surface area contributed by atoms with Gasteiger partial charge in [-0.25, -0.2) is 4.63 Å². The Balaban J connectivity index is 2.10. The summed E-state index contributed by atoms with van der Waals surface area (Å²) < 4.78 is 42.5. The third kappa shape index (κ3) is 2.20. The van der Waals surface area contributed by atoms with Gasteiger partial charge in [-0.15, -0.1) is 0 Å². The van der Waals surface area contributed by atoms with Crippen LogP contribution in [0, 0.1) is 0 Å². The molecule has 0 spiro atoms. The number of hydrogen-bond acceptors (Lipinski definition) is 5. The molecule has 2 aromatic rings. The lowest BCUT2D eigenvalue weighted by atomic mass is 10.1. The molecule has 8 heteroatoms. The minimum Gasteiger partial charge on any atom is -0.379 e. The Morgan fingerprint density at radius 1 is 1.20 bits per heavy atom. The molecule has 108 valence electrons. The number of anilines is 1. The number of nitrogens with zero attached hydrogens (tertiary/aromatic N) is 3. The summed E-state index contributed by atoms with van der Waals surface area (Å²) in [6.45, 7) is 1.49. The van der Waals surface area contributed by atoms with Gasteiger partial charge < -0.3 is 10.0 Å². The zero-order chi connectivity index (χ0) is 14.3. The van der Waals surface area contributed by atoms with E-state index in [-0.39, 0.29) is 11.1 Å². The summed E-state index contributed by atoms with van der Waals surface area (Å²) in [6.07, 6.45) is -5.31. The van der Waals surface area contributed by atoms with Gasteiger partial charge >= 0.3 is 6.18 Å². The van der Waals surface area contributed by atoms with E-state index in [1.807, 2.05) is 4.90 Å². The fraction of sp³-hybridized carbons (Fsp3) is 0.500. The van der Waals surface area contributed by atoms with Gasteiger partial charge in [0.05, 0.1) is 5.69 Å². The number of alkyl halides is 3. The van der Waals surface area contributed by atoms with Crippen molar-refractivity contribution < 1.29 is 22.9 Å². The fourth-order valence-corrected chi connectivity index (χ4v) is 2.44. The lowest BCUT2D eigenvalue weighted by molar-refractivity contribution is -0.206. The van der Waals surface area contributed by atoms with Crippen LogP contribution in [-0.2, 0) is 0 Å². The first kappa shape index (κ1) is 13.2. The zero-order valence-corrected chi connectivity index (χ0v) is 10.4. The van der Waals surface area contributed by atoms with Crippen molar-refractivity contribution in [1.29, 1.82) is 0 Å². The minimum atomic E-state index is -4.72. The highest BCUT2D eigenvalue weighted by atomic mass is 19.4. The third-order valence-corrected chi connectivity index (χ3v) is 3.44. The average molecular weight is 287 g/mol. The molecule has 1 aliphatic heterocycles. The quantitative estimate of drug-likeness (QED) is 0.919. The Labute approximate surface area is 111 Å². The number of aromatic nitrogens is 2. The van der Waals surface area contributed by atoms with E-state index in [1.165, 1.54) is 6.07 Å².